The van der Waals surface area contributed by atoms with Crippen molar-refractivity contribution in [1.82, 2.24) is 0 Å². The van der Waals surface area contributed by atoms with E-state index in [2.05, 4.69) is 18.2 Å². The van der Waals surface area contributed by atoms with E-state index in [4.69, 9.17) is 21.1 Å². The van der Waals surface area contributed by atoms with Gasteiger partial charge in [0.2, 0.25) is 0 Å². The molecule has 0 bridgehead atoms. The molecule has 0 heterocycles. The Labute approximate surface area is 127 Å². The molecule has 1 saturated carbocycles. The topological polar surface area (TPSA) is 18.5 Å². The average Bonchev–Trinajstić information content (AvgIpc) is 2.48. The van der Waals surface area contributed by atoms with Crippen molar-refractivity contribution >= 4 is 11.6 Å². The van der Waals surface area contributed by atoms with Gasteiger partial charge in [0.25, 0.3) is 0 Å². The van der Waals surface area contributed by atoms with Gasteiger partial charge in [0, 0.05) is 25.2 Å². The molecular formula is C17H25ClO2. The van der Waals surface area contributed by atoms with Gasteiger partial charge in [-0.15, -0.1) is 0 Å². The van der Waals surface area contributed by atoms with Crippen LogP contribution in [0.5, 0.6) is 0 Å². The van der Waals surface area contributed by atoms with E-state index in [0.717, 1.165) is 5.02 Å². The van der Waals surface area contributed by atoms with Gasteiger partial charge in [0.1, 0.15) is 0 Å². The summed E-state index contributed by atoms with van der Waals surface area (Å²) in [6.45, 7) is 1.32. The van der Waals surface area contributed by atoms with Gasteiger partial charge in [-0.3, -0.25) is 0 Å². The second-order valence-corrected chi connectivity index (χ2v) is 6.13. The predicted molar refractivity (Wildman–Crippen MR) is 83.8 cm³/mol. The van der Waals surface area contributed by atoms with E-state index in [-0.39, 0.29) is 5.92 Å². The third-order valence-corrected chi connectivity index (χ3v) is 4.60. The number of methoxy groups -OCH3 is 2. The quantitative estimate of drug-likeness (QED) is 0.753. The largest absolute Gasteiger partial charge is 0.384 e. The molecule has 0 aliphatic heterocycles. The van der Waals surface area contributed by atoms with Crippen LogP contribution in [-0.2, 0) is 9.47 Å². The number of hydrogen-bond donors (Lipinski definition) is 0. The van der Waals surface area contributed by atoms with Crippen LogP contribution in [0.1, 0.15) is 55.1 Å². The summed E-state index contributed by atoms with van der Waals surface area (Å²) in [6, 6.07) is 6.51. The zero-order chi connectivity index (χ0) is 14.4. The van der Waals surface area contributed by atoms with Crippen molar-refractivity contribution in [2.24, 2.45) is 0 Å². The third-order valence-electron chi connectivity index (χ3n) is 4.28. The highest BCUT2D eigenvalue weighted by Crippen LogP contribution is 2.37. The van der Waals surface area contributed by atoms with E-state index in [1.54, 1.807) is 14.2 Å². The number of hydrogen-bond acceptors (Lipinski definition) is 2. The molecule has 0 amide bonds. The Kier molecular flexibility index (Phi) is 6.34. The summed E-state index contributed by atoms with van der Waals surface area (Å²) in [6.07, 6.45) is 6.59. The molecule has 0 unspecified atom stereocenters. The van der Waals surface area contributed by atoms with E-state index in [1.807, 2.05) is 0 Å². The maximum atomic E-state index is 6.53. The maximum Gasteiger partial charge on any atom is 0.0553 e. The van der Waals surface area contributed by atoms with Crippen molar-refractivity contribution in [1.29, 1.82) is 0 Å². The van der Waals surface area contributed by atoms with E-state index in [9.17, 15) is 0 Å². The Morgan fingerprint density at radius 1 is 1.10 bits per heavy atom. The summed E-state index contributed by atoms with van der Waals surface area (Å²) < 4.78 is 10.5. The molecule has 2 rings (SSSR count). The van der Waals surface area contributed by atoms with Crippen LogP contribution < -0.4 is 0 Å². The van der Waals surface area contributed by atoms with Gasteiger partial charge in [-0.05, 0) is 36.0 Å². The van der Waals surface area contributed by atoms with E-state index in [1.165, 1.54) is 43.2 Å². The van der Waals surface area contributed by atoms with Gasteiger partial charge in [0.15, 0.2) is 0 Å². The first kappa shape index (κ1) is 15.8. The highest BCUT2D eigenvalue weighted by atomic mass is 35.5. The minimum Gasteiger partial charge on any atom is -0.384 e. The monoisotopic (exact) mass is 296 g/mol. The average molecular weight is 297 g/mol. The molecule has 1 aromatic rings. The first-order valence-electron chi connectivity index (χ1n) is 7.53. The number of halogens is 1. The predicted octanol–water partition coefficient (Wildman–Crippen LogP) is 4.76. The third kappa shape index (κ3) is 3.97. The normalized spacial score (nSPS) is 16.8. The second kappa shape index (κ2) is 8.02. The molecule has 0 aromatic heterocycles. The van der Waals surface area contributed by atoms with Crippen LogP contribution in [0.15, 0.2) is 18.2 Å². The first-order chi connectivity index (χ1) is 9.76. The van der Waals surface area contributed by atoms with Crippen LogP contribution >= 0.6 is 11.6 Å². The van der Waals surface area contributed by atoms with Gasteiger partial charge < -0.3 is 9.47 Å². The molecule has 1 fully saturated rings. The fourth-order valence-corrected chi connectivity index (χ4v) is 3.53. The van der Waals surface area contributed by atoms with E-state index in [0.29, 0.717) is 19.1 Å². The van der Waals surface area contributed by atoms with Crippen molar-refractivity contribution < 1.29 is 9.47 Å². The van der Waals surface area contributed by atoms with E-state index < -0.39 is 0 Å². The molecule has 2 nitrogen and oxygen atoms in total. The highest BCUT2D eigenvalue weighted by molar-refractivity contribution is 6.31. The minimum absolute atomic E-state index is 0.253. The van der Waals surface area contributed by atoms with Crippen molar-refractivity contribution in [2.75, 3.05) is 27.4 Å². The van der Waals surface area contributed by atoms with Crippen LogP contribution in [0, 0.1) is 0 Å². The minimum atomic E-state index is 0.253. The summed E-state index contributed by atoms with van der Waals surface area (Å²) >= 11 is 6.53. The lowest BCUT2D eigenvalue weighted by atomic mass is 9.83. The molecule has 1 aliphatic rings. The Morgan fingerprint density at radius 3 is 2.30 bits per heavy atom. The fourth-order valence-electron chi connectivity index (χ4n) is 3.18. The lowest BCUT2D eigenvalue weighted by Crippen LogP contribution is -2.13. The van der Waals surface area contributed by atoms with Gasteiger partial charge in [-0.1, -0.05) is 43.0 Å². The van der Waals surface area contributed by atoms with Crippen molar-refractivity contribution in [3.63, 3.8) is 0 Å². The summed E-state index contributed by atoms with van der Waals surface area (Å²) in [4.78, 5) is 0. The lowest BCUT2D eigenvalue weighted by Gasteiger charge is -2.24. The van der Waals surface area contributed by atoms with Crippen LogP contribution in [0.2, 0.25) is 5.02 Å². The van der Waals surface area contributed by atoms with Crippen LogP contribution in [0.25, 0.3) is 0 Å². The summed E-state index contributed by atoms with van der Waals surface area (Å²) in [7, 11) is 3.45. The second-order valence-electron chi connectivity index (χ2n) is 5.72. The van der Waals surface area contributed by atoms with Crippen molar-refractivity contribution in [3.05, 3.63) is 34.3 Å². The van der Waals surface area contributed by atoms with Crippen LogP contribution in [0.3, 0.4) is 0 Å². The van der Waals surface area contributed by atoms with Crippen LogP contribution in [0.4, 0.5) is 0 Å². The molecular weight excluding hydrogens is 272 g/mol. The zero-order valence-electron chi connectivity index (χ0n) is 12.5. The summed E-state index contributed by atoms with van der Waals surface area (Å²) in [5.74, 6) is 0.900. The zero-order valence-corrected chi connectivity index (χ0v) is 13.3. The molecule has 112 valence electrons. The van der Waals surface area contributed by atoms with Crippen molar-refractivity contribution in [3.8, 4) is 0 Å². The SMILES string of the molecule is COCC(COC)c1ccc(C2CCCCC2)c(Cl)c1. The Bertz CT molecular complexity index is 407. The Balaban J connectivity index is 2.14. The number of ether oxygens (including phenoxy) is 2. The summed E-state index contributed by atoms with van der Waals surface area (Å²) in [5, 5.41) is 0.909. The van der Waals surface area contributed by atoms with Gasteiger partial charge in [0.05, 0.1) is 13.2 Å². The molecule has 1 aliphatic carbocycles. The molecule has 0 atom stereocenters. The Morgan fingerprint density at radius 2 is 1.75 bits per heavy atom. The molecule has 1 aromatic carbocycles. The number of benzene rings is 1. The van der Waals surface area contributed by atoms with Gasteiger partial charge in [-0.25, -0.2) is 0 Å². The maximum absolute atomic E-state index is 6.53. The van der Waals surface area contributed by atoms with Gasteiger partial charge in [-0.2, -0.15) is 0 Å². The Hall–Kier alpha value is -0.570. The summed E-state index contributed by atoms with van der Waals surface area (Å²) in [5.41, 5.74) is 2.53. The molecule has 3 heteroatoms. The van der Waals surface area contributed by atoms with E-state index >= 15 is 0 Å². The fraction of sp³-hybridized carbons (Fsp3) is 0.647. The van der Waals surface area contributed by atoms with Gasteiger partial charge >= 0.3 is 0 Å². The molecule has 0 radical (unpaired) electrons. The molecule has 0 spiro atoms. The van der Waals surface area contributed by atoms with Crippen molar-refractivity contribution in [2.45, 2.75) is 43.9 Å². The standard InChI is InChI=1S/C17H25ClO2/c1-19-11-15(12-20-2)14-8-9-16(17(18)10-14)13-6-4-3-5-7-13/h8-10,13,15H,3-7,11-12H2,1-2H3. The molecule has 20 heavy (non-hydrogen) atoms. The first-order valence-corrected chi connectivity index (χ1v) is 7.91. The highest BCUT2D eigenvalue weighted by Gasteiger charge is 2.19. The smallest absolute Gasteiger partial charge is 0.0553 e. The molecule has 0 N–H and O–H groups in total. The lowest BCUT2D eigenvalue weighted by molar-refractivity contribution is 0.117. The number of rotatable bonds is 6. The molecule has 0 saturated heterocycles. The van der Waals surface area contributed by atoms with Crippen LogP contribution in [-0.4, -0.2) is 27.4 Å².